The number of nitrogens with one attached hydrogen (secondary N) is 1. The second kappa shape index (κ2) is 4.73. The zero-order valence-corrected chi connectivity index (χ0v) is 12.6. The highest BCUT2D eigenvalue weighted by Gasteiger charge is 2.30. The van der Waals surface area contributed by atoms with Gasteiger partial charge in [0.05, 0.1) is 32.5 Å². The smallest absolute Gasteiger partial charge is 0.256 e. The Morgan fingerprint density at radius 1 is 1.41 bits per heavy atom. The van der Waals surface area contributed by atoms with Crippen LogP contribution in [0.3, 0.4) is 0 Å². The number of para-hydroxylation sites is 1. The van der Waals surface area contributed by atoms with Gasteiger partial charge in [0.25, 0.3) is 5.91 Å². The van der Waals surface area contributed by atoms with Crippen molar-refractivity contribution in [3.05, 3.63) is 53.2 Å². The third kappa shape index (κ3) is 1.78. The number of amides is 1. The Bertz CT molecular complexity index is 957. The molecule has 5 nitrogen and oxygen atoms in total. The van der Waals surface area contributed by atoms with Gasteiger partial charge in [-0.1, -0.05) is 18.2 Å². The Kier molecular flexibility index (Phi) is 2.38. The van der Waals surface area contributed by atoms with Crippen molar-refractivity contribution < 1.29 is 7.54 Å². The van der Waals surface area contributed by atoms with Crippen LogP contribution in [0.2, 0.25) is 0 Å². The first kappa shape index (κ1) is 11.1. The van der Waals surface area contributed by atoms with E-state index in [0.29, 0.717) is 29.9 Å². The van der Waals surface area contributed by atoms with Gasteiger partial charge in [-0.05, 0) is 13.0 Å². The Morgan fingerprint density at radius 3 is 3.00 bits per heavy atom. The predicted molar refractivity (Wildman–Crippen MR) is 84.7 cm³/mol. The first-order valence-electron chi connectivity index (χ1n) is 8.31. The topological polar surface area (TPSA) is 53.9 Å². The van der Waals surface area contributed by atoms with Gasteiger partial charge in [0.1, 0.15) is 0 Å². The van der Waals surface area contributed by atoms with E-state index in [-0.39, 0.29) is 5.91 Å². The average molecular weight is 296 g/mol. The number of rotatable bonds is 2. The van der Waals surface area contributed by atoms with Gasteiger partial charge in [0, 0.05) is 36.6 Å². The molecule has 22 heavy (non-hydrogen) atoms. The maximum atomic E-state index is 13.1. The molecule has 0 fully saturated rings. The summed E-state index contributed by atoms with van der Waals surface area (Å²) in [4.78, 5) is 21.4. The molecular formula is C17H18N4O. The summed E-state index contributed by atoms with van der Waals surface area (Å²) < 4.78 is 19.0. The van der Waals surface area contributed by atoms with Crippen LogP contribution in [-0.4, -0.2) is 31.9 Å². The van der Waals surface area contributed by atoms with Crippen molar-refractivity contribution >= 4 is 16.8 Å². The molecule has 1 amide bonds. The minimum atomic E-state index is -1.92. The Morgan fingerprint density at radius 2 is 2.23 bits per heavy atom. The summed E-state index contributed by atoms with van der Waals surface area (Å²) in [6.45, 7) is 0.148. The molecule has 112 valence electrons. The first-order valence-corrected chi connectivity index (χ1v) is 7.31. The quantitative estimate of drug-likeness (QED) is 0.789. The van der Waals surface area contributed by atoms with Crippen molar-refractivity contribution in [1.82, 2.24) is 19.4 Å². The van der Waals surface area contributed by atoms with Crippen LogP contribution in [0.4, 0.5) is 0 Å². The molecule has 0 saturated heterocycles. The van der Waals surface area contributed by atoms with E-state index in [9.17, 15) is 4.79 Å². The number of aromatic nitrogens is 3. The van der Waals surface area contributed by atoms with Crippen LogP contribution in [0.15, 0.2) is 30.6 Å². The van der Waals surface area contributed by atoms with Gasteiger partial charge in [-0.15, -0.1) is 0 Å². The van der Waals surface area contributed by atoms with E-state index < -0.39 is 6.50 Å². The van der Waals surface area contributed by atoms with E-state index in [1.165, 1.54) is 11.2 Å². The molecule has 2 aromatic heterocycles. The highest BCUT2D eigenvalue weighted by atomic mass is 16.2. The van der Waals surface area contributed by atoms with Crippen molar-refractivity contribution in [3.63, 3.8) is 0 Å². The van der Waals surface area contributed by atoms with E-state index in [1.54, 1.807) is 6.92 Å². The third-order valence-electron chi connectivity index (χ3n) is 4.34. The van der Waals surface area contributed by atoms with Crippen molar-refractivity contribution in [2.24, 2.45) is 7.05 Å². The number of benzene rings is 1. The fourth-order valence-electron chi connectivity index (χ4n) is 3.15. The number of hydrogen-bond acceptors (Lipinski definition) is 2. The van der Waals surface area contributed by atoms with Gasteiger partial charge < -0.3 is 14.5 Å². The number of aryl methyl sites for hydroxylation is 2. The molecular weight excluding hydrogens is 276 g/mol. The lowest BCUT2D eigenvalue weighted by atomic mass is 10.0. The van der Waals surface area contributed by atoms with Crippen molar-refractivity contribution in [2.75, 3.05) is 6.54 Å². The van der Waals surface area contributed by atoms with Gasteiger partial charge in [-0.3, -0.25) is 4.79 Å². The normalized spacial score (nSPS) is 16.6. The second-order valence-corrected chi connectivity index (χ2v) is 5.58. The summed E-state index contributed by atoms with van der Waals surface area (Å²) >= 11 is 0. The maximum Gasteiger partial charge on any atom is 0.256 e. The number of carbonyl (C=O) groups is 1. The summed E-state index contributed by atoms with van der Waals surface area (Å²) in [6.07, 6.45) is 2.08. The molecule has 1 aromatic carbocycles. The number of imidazole rings is 1. The van der Waals surface area contributed by atoms with Crippen molar-refractivity contribution in [2.45, 2.75) is 19.8 Å². The number of hydrogen-bond donors (Lipinski definition) is 1. The second-order valence-electron chi connectivity index (χ2n) is 5.58. The standard InChI is InChI=1S/C17H18N4O/c1-11-13(19-10-18-11)9-21-8-7-15-16(17(21)22)12-5-3-4-6-14(12)20(15)2/h3-6,10H,7-9H2,1-2H3,(H,18,19)/i9D2. The summed E-state index contributed by atoms with van der Waals surface area (Å²) in [5.41, 5.74) is 3.47. The van der Waals surface area contributed by atoms with Crippen LogP contribution in [0.1, 0.15) is 30.2 Å². The summed E-state index contributed by atoms with van der Waals surface area (Å²) in [5.74, 6) is -0.271. The number of nitrogens with zero attached hydrogens (tertiary/aromatic N) is 3. The van der Waals surface area contributed by atoms with Crippen LogP contribution < -0.4 is 0 Å². The van der Waals surface area contributed by atoms with Crippen LogP contribution in [-0.2, 0) is 20.0 Å². The monoisotopic (exact) mass is 296 g/mol. The Hall–Kier alpha value is -2.56. The lowest BCUT2D eigenvalue weighted by molar-refractivity contribution is 0.0725. The third-order valence-corrected chi connectivity index (χ3v) is 4.34. The van der Waals surface area contributed by atoms with Crippen LogP contribution in [0.25, 0.3) is 10.9 Å². The Labute approximate surface area is 131 Å². The molecule has 0 atom stereocenters. The van der Waals surface area contributed by atoms with Gasteiger partial charge >= 0.3 is 0 Å². The van der Waals surface area contributed by atoms with Gasteiger partial charge in [0.2, 0.25) is 0 Å². The molecule has 5 heteroatoms. The molecule has 1 aliphatic rings. The predicted octanol–water partition coefficient (Wildman–Crippen LogP) is 2.41. The van der Waals surface area contributed by atoms with Gasteiger partial charge in [-0.2, -0.15) is 0 Å². The zero-order valence-electron chi connectivity index (χ0n) is 14.6. The minimum absolute atomic E-state index is 0.271. The van der Waals surface area contributed by atoms with Crippen LogP contribution >= 0.6 is 0 Å². The van der Waals surface area contributed by atoms with E-state index >= 15 is 0 Å². The molecule has 0 saturated carbocycles. The largest absolute Gasteiger partial charge is 0.347 e. The number of H-pyrrole nitrogens is 1. The van der Waals surface area contributed by atoms with Gasteiger partial charge in [-0.25, -0.2) is 4.98 Å². The fraction of sp³-hybridized carbons (Fsp3) is 0.294. The number of aromatic amines is 1. The molecule has 0 unspecified atom stereocenters. The van der Waals surface area contributed by atoms with Crippen LogP contribution in [0, 0.1) is 6.92 Å². The summed E-state index contributed by atoms with van der Waals surface area (Å²) in [7, 11) is 1.96. The van der Waals surface area contributed by atoms with Crippen molar-refractivity contribution in [3.8, 4) is 0 Å². The van der Waals surface area contributed by atoms with Gasteiger partial charge in [0.15, 0.2) is 0 Å². The lowest BCUT2D eigenvalue weighted by Gasteiger charge is -2.27. The van der Waals surface area contributed by atoms with Crippen LogP contribution in [0.5, 0.6) is 0 Å². The lowest BCUT2D eigenvalue weighted by Crippen LogP contribution is -2.37. The molecule has 1 aliphatic heterocycles. The molecule has 0 spiro atoms. The molecule has 3 heterocycles. The Balaban J connectivity index is 1.85. The molecule has 1 N–H and O–H groups in total. The summed E-state index contributed by atoms with van der Waals surface area (Å²) in [6, 6.07) is 7.76. The van der Waals surface area contributed by atoms with Crippen molar-refractivity contribution in [1.29, 1.82) is 0 Å². The fourth-order valence-corrected chi connectivity index (χ4v) is 3.15. The maximum absolute atomic E-state index is 13.1. The van der Waals surface area contributed by atoms with E-state index in [1.807, 2.05) is 35.9 Å². The molecule has 0 bridgehead atoms. The average Bonchev–Trinajstić information content (AvgIpc) is 3.11. The van der Waals surface area contributed by atoms with E-state index in [2.05, 4.69) is 9.97 Å². The minimum Gasteiger partial charge on any atom is -0.347 e. The van der Waals surface area contributed by atoms with E-state index in [4.69, 9.17) is 2.74 Å². The first-order chi connectivity index (χ1) is 11.4. The highest BCUT2D eigenvalue weighted by Crippen LogP contribution is 2.30. The zero-order chi connectivity index (χ0) is 17.1. The number of fused-ring (bicyclic) bond motifs is 3. The van der Waals surface area contributed by atoms with E-state index in [0.717, 1.165) is 16.6 Å². The molecule has 4 rings (SSSR count). The molecule has 0 radical (unpaired) electrons. The molecule has 3 aromatic rings. The molecule has 0 aliphatic carbocycles. The number of carbonyl (C=O) groups excluding carboxylic acids is 1. The summed E-state index contributed by atoms with van der Waals surface area (Å²) in [5, 5.41) is 0.877. The SMILES string of the molecule is [2H]C([2H])(c1[nH]cnc1C)N1CCc2c(c3ccccc3n2C)C1=O. The highest BCUT2D eigenvalue weighted by molar-refractivity contribution is 6.09.